The fraction of sp³-hybridized carbons (Fsp3) is 0.136. The second kappa shape index (κ2) is 9.10. The summed E-state index contributed by atoms with van der Waals surface area (Å²) in [5, 5.41) is 4.71. The molecule has 6 heteroatoms. The topological polar surface area (TPSA) is 72.5 Å². The number of hydrogen-bond donors (Lipinski definition) is 1. The minimum absolute atomic E-state index is 0.135. The second-order valence-corrected chi connectivity index (χ2v) is 7.10. The van der Waals surface area contributed by atoms with E-state index in [1.54, 1.807) is 42.5 Å². The predicted octanol–water partition coefficient (Wildman–Crippen LogP) is 4.01. The maximum absolute atomic E-state index is 12.7. The maximum Gasteiger partial charge on any atom is 0.339 e. The van der Waals surface area contributed by atoms with Crippen LogP contribution in [0.5, 0.6) is 0 Å². The first-order valence-electron chi connectivity index (χ1n) is 8.75. The molecule has 1 N–H and O–H groups in total. The number of rotatable bonds is 7. The van der Waals surface area contributed by atoms with E-state index in [4.69, 9.17) is 4.74 Å². The Hall–Kier alpha value is -3.25. The number of esters is 1. The summed E-state index contributed by atoms with van der Waals surface area (Å²) in [6.07, 6.45) is 0. The molecule has 2 aromatic carbocycles. The fourth-order valence-corrected chi connectivity index (χ4v) is 3.44. The Labute approximate surface area is 167 Å². The highest BCUT2D eigenvalue weighted by Crippen LogP contribution is 2.18. The van der Waals surface area contributed by atoms with Crippen molar-refractivity contribution >= 4 is 29.0 Å². The number of hydrogen-bond acceptors (Lipinski definition) is 5. The van der Waals surface area contributed by atoms with E-state index in [1.165, 1.54) is 17.4 Å². The van der Waals surface area contributed by atoms with Gasteiger partial charge < -0.3 is 10.1 Å². The molecule has 0 bridgehead atoms. The normalized spacial score (nSPS) is 11.5. The molecule has 3 aromatic rings. The molecule has 0 spiro atoms. The molecule has 0 fully saturated rings. The number of nitrogens with one attached hydrogen (secondary N) is 1. The summed E-state index contributed by atoms with van der Waals surface area (Å²) in [7, 11) is 0. The third-order valence-electron chi connectivity index (χ3n) is 4.11. The number of thiophene rings is 1. The smallest absolute Gasteiger partial charge is 0.339 e. The molecule has 0 aliphatic carbocycles. The maximum atomic E-state index is 12.7. The highest BCUT2D eigenvalue weighted by Gasteiger charge is 2.20. The van der Waals surface area contributed by atoms with Crippen LogP contribution in [0, 0.1) is 0 Å². The lowest BCUT2D eigenvalue weighted by Gasteiger charge is -2.13. The van der Waals surface area contributed by atoms with Gasteiger partial charge in [0.25, 0.3) is 5.91 Å². The van der Waals surface area contributed by atoms with Crippen LogP contribution in [0.25, 0.3) is 0 Å². The highest BCUT2D eigenvalue weighted by molar-refractivity contribution is 7.10. The Bertz CT molecular complexity index is 967. The number of carbonyl (C=O) groups excluding carboxylic acids is 3. The van der Waals surface area contributed by atoms with Gasteiger partial charge in [-0.15, -0.1) is 11.3 Å². The molecule has 28 heavy (non-hydrogen) atoms. The van der Waals surface area contributed by atoms with E-state index in [2.05, 4.69) is 5.32 Å². The van der Waals surface area contributed by atoms with Gasteiger partial charge in [-0.1, -0.05) is 54.6 Å². The van der Waals surface area contributed by atoms with Gasteiger partial charge in [0.2, 0.25) is 0 Å². The van der Waals surface area contributed by atoms with E-state index in [0.29, 0.717) is 5.56 Å². The minimum Gasteiger partial charge on any atom is -0.452 e. The van der Waals surface area contributed by atoms with E-state index in [-0.39, 0.29) is 23.0 Å². The van der Waals surface area contributed by atoms with Crippen molar-refractivity contribution < 1.29 is 19.1 Å². The summed E-state index contributed by atoms with van der Waals surface area (Å²) in [6.45, 7) is 1.45. The summed E-state index contributed by atoms with van der Waals surface area (Å²) in [5.41, 5.74) is 0.854. The first kappa shape index (κ1) is 19.5. The van der Waals surface area contributed by atoms with Crippen LogP contribution in [0.3, 0.4) is 0 Å². The number of ketones is 1. The molecule has 0 radical (unpaired) electrons. The van der Waals surface area contributed by atoms with Crippen molar-refractivity contribution in [2.75, 3.05) is 6.61 Å². The van der Waals surface area contributed by atoms with Crippen LogP contribution in [0.15, 0.2) is 72.1 Å². The van der Waals surface area contributed by atoms with Crippen LogP contribution in [0.2, 0.25) is 0 Å². The third kappa shape index (κ3) is 4.72. The standard InChI is InChI=1S/C22H19NO4S/c1-15(19-12-7-13-28-19)23-20(24)14-27-22(26)18-11-6-5-10-17(18)21(25)16-8-3-2-4-9-16/h2-13,15H,14H2,1H3,(H,23,24)/t15-/m1/s1. The van der Waals surface area contributed by atoms with Gasteiger partial charge in [-0.05, 0) is 24.4 Å². The van der Waals surface area contributed by atoms with Crippen molar-refractivity contribution in [1.29, 1.82) is 0 Å². The molecule has 0 saturated carbocycles. The molecule has 1 aromatic heterocycles. The minimum atomic E-state index is -0.709. The number of ether oxygens (including phenoxy) is 1. The summed E-state index contributed by atoms with van der Waals surface area (Å²) in [5.74, 6) is -1.39. The Kier molecular flexibility index (Phi) is 6.34. The average Bonchev–Trinajstić information content (AvgIpc) is 3.27. The molecule has 1 atom stereocenters. The Morgan fingerprint density at radius 2 is 1.61 bits per heavy atom. The van der Waals surface area contributed by atoms with E-state index in [0.717, 1.165) is 4.88 Å². The van der Waals surface area contributed by atoms with Crippen LogP contribution >= 0.6 is 11.3 Å². The molecule has 1 amide bonds. The van der Waals surface area contributed by atoms with E-state index in [1.807, 2.05) is 30.5 Å². The molecule has 0 aliphatic heterocycles. The SMILES string of the molecule is C[C@@H](NC(=O)COC(=O)c1ccccc1C(=O)c1ccccc1)c1cccs1. The number of benzene rings is 2. The molecule has 0 saturated heterocycles. The van der Waals surface area contributed by atoms with Gasteiger partial charge in [-0.25, -0.2) is 4.79 Å². The predicted molar refractivity (Wildman–Crippen MR) is 107 cm³/mol. The third-order valence-corrected chi connectivity index (χ3v) is 5.16. The molecule has 0 unspecified atom stereocenters. The van der Waals surface area contributed by atoms with Crippen LogP contribution in [0.4, 0.5) is 0 Å². The van der Waals surface area contributed by atoms with Crippen LogP contribution in [-0.4, -0.2) is 24.3 Å². The number of amides is 1. The fourth-order valence-electron chi connectivity index (χ4n) is 2.70. The van der Waals surface area contributed by atoms with Crippen LogP contribution < -0.4 is 5.32 Å². The summed E-state index contributed by atoms with van der Waals surface area (Å²) in [6, 6.07) is 18.8. The van der Waals surface area contributed by atoms with Gasteiger partial charge in [-0.2, -0.15) is 0 Å². The van der Waals surface area contributed by atoms with Crippen molar-refractivity contribution in [2.24, 2.45) is 0 Å². The highest BCUT2D eigenvalue weighted by atomic mass is 32.1. The van der Waals surface area contributed by atoms with Crippen molar-refractivity contribution in [2.45, 2.75) is 13.0 Å². The molecular formula is C22H19NO4S. The van der Waals surface area contributed by atoms with Crippen LogP contribution in [0.1, 0.15) is 44.1 Å². The molecule has 142 valence electrons. The zero-order valence-electron chi connectivity index (χ0n) is 15.3. The summed E-state index contributed by atoms with van der Waals surface area (Å²) < 4.78 is 5.14. The molecular weight excluding hydrogens is 374 g/mol. The van der Waals surface area contributed by atoms with Gasteiger partial charge in [0, 0.05) is 16.0 Å². The van der Waals surface area contributed by atoms with E-state index in [9.17, 15) is 14.4 Å². The molecule has 5 nitrogen and oxygen atoms in total. The van der Waals surface area contributed by atoms with Crippen molar-refractivity contribution in [3.8, 4) is 0 Å². The van der Waals surface area contributed by atoms with E-state index >= 15 is 0 Å². The summed E-state index contributed by atoms with van der Waals surface area (Å²) in [4.78, 5) is 38.3. The quantitative estimate of drug-likeness (QED) is 0.486. The first-order chi connectivity index (χ1) is 13.6. The van der Waals surface area contributed by atoms with E-state index < -0.39 is 18.5 Å². The van der Waals surface area contributed by atoms with Crippen molar-refractivity contribution in [3.63, 3.8) is 0 Å². The lowest BCUT2D eigenvalue weighted by atomic mass is 9.98. The van der Waals surface area contributed by atoms with Gasteiger partial charge in [-0.3, -0.25) is 9.59 Å². The largest absolute Gasteiger partial charge is 0.452 e. The number of carbonyl (C=O) groups is 3. The lowest BCUT2D eigenvalue weighted by Crippen LogP contribution is -2.31. The van der Waals surface area contributed by atoms with Gasteiger partial charge >= 0.3 is 5.97 Å². The molecule has 0 aliphatic rings. The Morgan fingerprint density at radius 3 is 2.29 bits per heavy atom. The first-order valence-corrected chi connectivity index (χ1v) is 9.63. The molecule has 1 heterocycles. The van der Waals surface area contributed by atoms with Gasteiger partial charge in [0.05, 0.1) is 11.6 Å². The zero-order valence-corrected chi connectivity index (χ0v) is 16.1. The monoisotopic (exact) mass is 393 g/mol. The lowest BCUT2D eigenvalue weighted by molar-refractivity contribution is -0.124. The Morgan fingerprint density at radius 1 is 0.929 bits per heavy atom. The Balaban J connectivity index is 1.65. The van der Waals surface area contributed by atoms with Gasteiger partial charge in [0.1, 0.15) is 0 Å². The zero-order chi connectivity index (χ0) is 19.9. The second-order valence-electron chi connectivity index (χ2n) is 6.12. The van der Waals surface area contributed by atoms with Gasteiger partial charge in [0.15, 0.2) is 12.4 Å². The van der Waals surface area contributed by atoms with Crippen molar-refractivity contribution in [3.05, 3.63) is 93.7 Å². The van der Waals surface area contributed by atoms with Crippen LogP contribution in [-0.2, 0) is 9.53 Å². The molecule has 3 rings (SSSR count). The average molecular weight is 393 g/mol. The van der Waals surface area contributed by atoms with Crippen molar-refractivity contribution in [1.82, 2.24) is 5.32 Å². The summed E-state index contributed by atoms with van der Waals surface area (Å²) >= 11 is 1.54.